The van der Waals surface area contributed by atoms with Gasteiger partial charge in [0.15, 0.2) is 0 Å². The number of ether oxygens (including phenoxy) is 1. The highest BCUT2D eigenvalue weighted by molar-refractivity contribution is 7.99. The summed E-state index contributed by atoms with van der Waals surface area (Å²) in [4.78, 5) is 8.44. The Morgan fingerprint density at radius 1 is 1.41 bits per heavy atom. The maximum absolute atomic E-state index is 5.51. The smallest absolute Gasteiger partial charge is 0.225 e. The van der Waals surface area contributed by atoms with E-state index >= 15 is 0 Å². The van der Waals surface area contributed by atoms with E-state index in [2.05, 4.69) is 28.5 Å². The molecule has 0 aliphatic carbocycles. The van der Waals surface area contributed by atoms with Crippen LogP contribution in [0.2, 0.25) is 0 Å². The zero-order valence-electron chi connectivity index (χ0n) is 10.9. The van der Waals surface area contributed by atoms with Crippen LogP contribution < -0.4 is 10.1 Å². The van der Waals surface area contributed by atoms with Crippen molar-refractivity contribution in [1.82, 2.24) is 9.97 Å². The Kier molecular flexibility index (Phi) is 6.11. The molecule has 0 spiro atoms. The second-order valence-electron chi connectivity index (χ2n) is 4.15. The molecular weight excluding hydrogens is 234 g/mol. The first-order valence-corrected chi connectivity index (χ1v) is 7.17. The van der Waals surface area contributed by atoms with Gasteiger partial charge >= 0.3 is 0 Å². The van der Waals surface area contributed by atoms with Crippen molar-refractivity contribution in [1.29, 1.82) is 0 Å². The Morgan fingerprint density at radius 2 is 2.18 bits per heavy atom. The predicted octanol–water partition coefficient (Wildman–Crippen LogP) is 2.82. The summed E-state index contributed by atoms with van der Waals surface area (Å²) < 4.78 is 5.51. The topological polar surface area (TPSA) is 47.0 Å². The molecule has 0 saturated heterocycles. The Balaban J connectivity index is 2.43. The van der Waals surface area contributed by atoms with Crippen molar-refractivity contribution >= 4 is 17.7 Å². The summed E-state index contributed by atoms with van der Waals surface area (Å²) in [6.07, 6.45) is 5.07. The van der Waals surface area contributed by atoms with Crippen LogP contribution in [0.1, 0.15) is 27.2 Å². The summed E-state index contributed by atoms with van der Waals surface area (Å²) in [6.45, 7) is 7.06. The van der Waals surface area contributed by atoms with E-state index < -0.39 is 0 Å². The Bertz CT molecular complexity index is 333. The lowest BCUT2D eigenvalue weighted by Crippen LogP contribution is -2.11. The standard InChI is InChI=1S/C12H21N3OS/c1-9(2)16-11-6-8-14-12(15-11)13-7-5-10(3)17-4/h6,8-10H,5,7H2,1-4H3,(H,13,14,15). The molecular formula is C12H21N3OS. The SMILES string of the molecule is CSC(C)CCNc1nccc(OC(C)C)n1. The van der Waals surface area contributed by atoms with E-state index in [0.29, 0.717) is 17.1 Å². The number of nitrogens with one attached hydrogen (secondary N) is 1. The molecule has 0 fully saturated rings. The molecule has 5 heteroatoms. The van der Waals surface area contributed by atoms with Gasteiger partial charge in [-0.2, -0.15) is 16.7 Å². The highest BCUT2D eigenvalue weighted by Gasteiger charge is 2.03. The zero-order chi connectivity index (χ0) is 12.7. The minimum Gasteiger partial charge on any atom is -0.475 e. The van der Waals surface area contributed by atoms with Gasteiger partial charge in [0.05, 0.1) is 6.10 Å². The lowest BCUT2D eigenvalue weighted by atomic mass is 10.3. The van der Waals surface area contributed by atoms with Crippen molar-refractivity contribution in [2.45, 2.75) is 38.5 Å². The number of aromatic nitrogens is 2. The van der Waals surface area contributed by atoms with E-state index in [1.54, 1.807) is 12.3 Å². The van der Waals surface area contributed by atoms with Crippen LogP contribution in [0.15, 0.2) is 12.3 Å². The number of rotatable bonds is 7. The summed E-state index contributed by atoms with van der Waals surface area (Å²) in [5.41, 5.74) is 0. The lowest BCUT2D eigenvalue weighted by Gasteiger charge is -2.11. The van der Waals surface area contributed by atoms with Crippen LogP contribution in [0, 0.1) is 0 Å². The third-order valence-electron chi connectivity index (χ3n) is 2.22. The second kappa shape index (κ2) is 7.37. The van der Waals surface area contributed by atoms with E-state index in [1.165, 1.54) is 0 Å². The summed E-state index contributed by atoms with van der Waals surface area (Å²) in [5.74, 6) is 1.26. The van der Waals surface area contributed by atoms with Crippen molar-refractivity contribution in [3.8, 4) is 5.88 Å². The minimum absolute atomic E-state index is 0.134. The van der Waals surface area contributed by atoms with E-state index in [4.69, 9.17) is 4.74 Å². The van der Waals surface area contributed by atoms with Gasteiger partial charge in [0.2, 0.25) is 11.8 Å². The predicted molar refractivity (Wildman–Crippen MR) is 73.9 cm³/mol. The quantitative estimate of drug-likeness (QED) is 0.812. The molecule has 0 aliphatic rings. The first-order valence-electron chi connectivity index (χ1n) is 5.88. The first kappa shape index (κ1) is 14.1. The number of nitrogens with zero attached hydrogens (tertiary/aromatic N) is 2. The average Bonchev–Trinajstić information content (AvgIpc) is 2.28. The summed E-state index contributed by atoms with van der Waals surface area (Å²) in [7, 11) is 0. The largest absolute Gasteiger partial charge is 0.475 e. The molecule has 1 aromatic rings. The molecule has 96 valence electrons. The van der Waals surface area contributed by atoms with Gasteiger partial charge in [0, 0.05) is 24.1 Å². The minimum atomic E-state index is 0.134. The van der Waals surface area contributed by atoms with Crippen LogP contribution in [0.5, 0.6) is 5.88 Å². The molecule has 0 amide bonds. The van der Waals surface area contributed by atoms with Crippen LogP contribution in [-0.4, -0.2) is 34.1 Å². The lowest BCUT2D eigenvalue weighted by molar-refractivity contribution is 0.232. The molecule has 1 aromatic heterocycles. The molecule has 0 saturated carbocycles. The van der Waals surface area contributed by atoms with Gasteiger partial charge < -0.3 is 10.1 Å². The fourth-order valence-electron chi connectivity index (χ4n) is 1.24. The Hall–Kier alpha value is -0.970. The molecule has 1 atom stereocenters. The molecule has 1 unspecified atom stereocenters. The van der Waals surface area contributed by atoms with Crippen LogP contribution in [-0.2, 0) is 0 Å². The van der Waals surface area contributed by atoms with Gasteiger partial charge in [-0.3, -0.25) is 0 Å². The molecule has 0 bridgehead atoms. The van der Waals surface area contributed by atoms with Crippen molar-refractivity contribution in [3.05, 3.63) is 12.3 Å². The van der Waals surface area contributed by atoms with Crippen LogP contribution >= 0.6 is 11.8 Å². The maximum Gasteiger partial charge on any atom is 0.225 e. The Morgan fingerprint density at radius 3 is 2.82 bits per heavy atom. The normalized spacial score (nSPS) is 12.5. The number of thioether (sulfide) groups is 1. The molecule has 4 nitrogen and oxygen atoms in total. The van der Waals surface area contributed by atoms with E-state index in [1.807, 2.05) is 25.6 Å². The summed E-state index contributed by atoms with van der Waals surface area (Å²) >= 11 is 1.87. The molecule has 1 N–H and O–H groups in total. The highest BCUT2D eigenvalue weighted by Crippen LogP contribution is 2.12. The fourth-order valence-corrected chi connectivity index (χ4v) is 1.59. The van der Waals surface area contributed by atoms with Crippen molar-refractivity contribution in [2.75, 3.05) is 18.1 Å². The van der Waals surface area contributed by atoms with Gasteiger partial charge in [-0.05, 0) is 26.5 Å². The summed E-state index contributed by atoms with van der Waals surface area (Å²) in [6, 6.07) is 1.77. The molecule has 1 heterocycles. The third kappa shape index (κ3) is 5.77. The van der Waals surface area contributed by atoms with Gasteiger partial charge in [-0.25, -0.2) is 4.98 Å². The molecule has 0 radical (unpaired) electrons. The highest BCUT2D eigenvalue weighted by atomic mass is 32.2. The van der Waals surface area contributed by atoms with Crippen LogP contribution in [0.25, 0.3) is 0 Å². The number of hydrogen-bond donors (Lipinski definition) is 1. The van der Waals surface area contributed by atoms with Gasteiger partial charge in [-0.1, -0.05) is 6.92 Å². The van der Waals surface area contributed by atoms with Crippen LogP contribution in [0.3, 0.4) is 0 Å². The third-order valence-corrected chi connectivity index (χ3v) is 3.26. The molecule has 0 aromatic carbocycles. The molecule has 0 aliphatic heterocycles. The number of anilines is 1. The first-order chi connectivity index (χ1) is 8.11. The zero-order valence-corrected chi connectivity index (χ0v) is 11.8. The van der Waals surface area contributed by atoms with Gasteiger partial charge in [-0.15, -0.1) is 0 Å². The van der Waals surface area contributed by atoms with Crippen molar-refractivity contribution in [3.63, 3.8) is 0 Å². The molecule has 17 heavy (non-hydrogen) atoms. The van der Waals surface area contributed by atoms with Gasteiger partial charge in [0.1, 0.15) is 0 Å². The number of hydrogen-bond acceptors (Lipinski definition) is 5. The van der Waals surface area contributed by atoms with Crippen LogP contribution in [0.4, 0.5) is 5.95 Å². The van der Waals surface area contributed by atoms with E-state index in [-0.39, 0.29) is 6.10 Å². The average molecular weight is 255 g/mol. The maximum atomic E-state index is 5.51. The second-order valence-corrected chi connectivity index (χ2v) is 5.42. The summed E-state index contributed by atoms with van der Waals surface area (Å²) in [5, 5.41) is 3.86. The van der Waals surface area contributed by atoms with Crippen molar-refractivity contribution < 1.29 is 4.74 Å². The molecule has 1 rings (SSSR count). The van der Waals surface area contributed by atoms with Gasteiger partial charge in [0.25, 0.3) is 0 Å². The fraction of sp³-hybridized carbons (Fsp3) is 0.667. The van der Waals surface area contributed by atoms with E-state index in [0.717, 1.165) is 13.0 Å². The Labute approximate surface area is 108 Å². The van der Waals surface area contributed by atoms with E-state index in [9.17, 15) is 0 Å². The van der Waals surface area contributed by atoms with Crippen molar-refractivity contribution in [2.24, 2.45) is 0 Å². The monoisotopic (exact) mass is 255 g/mol.